The summed E-state index contributed by atoms with van der Waals surface area (Å²) in [4.78, 5) is 0. The van der Waals surface area contributed by atoms with Crippen molar-refractivity contribution in [2.24, 2.45) is 0 Å². The van der Waals surface area contributed by atoms with Crippen LogP contribution in [0.4, 0.5) is 0 Å². The van der Waals surface area contributed by atoms with Gasteiger partial charge in [-0.15, -0.1) is 5.10 Å². The van der Waals surface area contributed by atoms with E-state index in [2.05, 4.69) is 58.3 Å². The molecule has 20 heavy (non-hydrogen) atoms. The fourth-order valence-electron chi connectivity index (χ4n) is 1.74. The predicted molar refractivity (Wildman–Crippen MR) is 85.6 cm³/mol. The van der Waals surface area contributed by atoms with Gasteiger partial charge in [0.05, 0.1) is 0 Å². The van der Waals surface area contributed by atoms with Gasteiger partial charge in [-0.2, -0.15) is 0 Å². The minimum absolute atomic E-state index is 0.386. The lowest BCUT2D eigenvalue weighted by Gasteiger charge is -2.12. The molecule has 2 aromatic rings. The summed E-state index contributed by atoms with van der Waals surface area (Å²) in [6.07, 6.45) is 0. The van der Waals surface area contributed by atoms with E-state index in [1.54, 1.807) is 0 Å². The molecule has 1 N–H and O–H groups in total. The highest BCUT2D eigenvalue weighted by Crippen LogP contribution is 2.33. The lowest BCUT2D eigenvalue weighted by atomic mass is 10.0. The third-order valence-corrected chi connectivity index (χ3v) is 4.06. The fourth-order valence-corrected chi connectivity index (χ4v) is 2.79. The zero-order valence-corrected chi connectivity index (χ0v) is 14.2. The Labute approximate surface area is 131 Å². The van der Waals surface area contributed by atoms with E-state index < -0.39 is 0 Å². The molecule has 2 rings (SSSR count). The van der Waals surface area contributed by atoms with Crippen LogP contribution in [0.15, 0.2) is 22.7 Å². The average molecular weight is 356 g/mol. The first-order valence-corrected chi connectivity index (χ1v) is 8.21. The molecule has 0 saturated heterocycles. The zero-order chi connectivity index (χ0) is 14.5. The van der Waals surface area contributed by atoms with Crippen LogP contribution in [-0.4, -0.2) is 16.7 Å². The molecule has 1 aromatic carbocycles. The number of ether oxygens (including phenoxy) is 1. The molecule has 4 nitrogen and oxygen atoms in total. The zero-order valence-electron chi connectivity index (χ0n) is 11.8. The third kappa shape index (κ3) is 4.01. The van der Waals surface area contributed by atoms with Crippen molar-refractivity contribution < 1.29 is 4.74 Å². The van der Waals surface area contributed by atoms with E-state index in [1.807, 2.05) is 12.1 Å². The number of benzene rings is 1. The molecule has 0 bridgehead atoms. The fraction of sp³-hybridized carbons (Fsp3) is 0.429. The van der Waals surface area contributed by atoms with Crippen molar-refractivity contribution in [1.82, 2.24) is 15.5 Å². The lowest BCUT2D eigenvalue weighted by Crippen LogP contribution is -2.11. The van der Waals surface area contributed by atoms with Crippen molar-refractivity contribution in [3.05, 3.63) is 33.2 Å². The summed E-state index contributed by atoms with van der Waals surface area (Å²) < 4.78 is 6.94. The molecule has 0 amide bonds. The van der Waals surface area contributed by atoms with Crippen molar-refractivity contribution in [1.29, 1.82) is 0 Å². The molecule has 0 radical (unpaired) electrons. The van der Waals surface area contributed by atoms with Crippen molar-refractivity contribution in [2.75, 3.05) is 6.54 Å². The quantitative estimate of drug-likeness (QED) is 0.837. The molecular formula is C14H18BrN3OS. The Morgan fingerprint density at radius 3 is 2.85 bits per heavy atom. The van der Waals surface area contributed by atoms with Gasteiger partial charge in [0.15, 0.2) is 0 Å². The second-order valence-corrected chi connectivity index (χ2v) is 6.62. The number of halogens is 1. The molecule has 0 atom stereocenters. The predicted octanol–water partition coefficient (Wildman–Crippen LogP) is 4.33. The highest BCUT2D eigenvalue weighted by atomic mass is 79.9. The van der Waals surface area contributed by atoms with Crippen LogP contribution in [0.3, 0.4) is 0 Å². The molecular weight excluding hydrogens is 338 g/mol. The molecule has 0 aliphatic rings. The van der Waals surface area contributed by atoms with E-state index in [0.717, 1.165) is 33.9 Å². The van der Waals surface area contributed by atoms with Gasteiger partial charge in [-0.05, 0) is 36.2 Å². The highest BCUT2D eigenvalue weighted by molar-refractivity contribution is 9.10. The van der Waals surface area contributed by atoms with E-state index in [-0.39, 0.29) is 0 Å². The number of hydrogen-bond acceptors (Lipinski definition) is 5. The van der Waals surface area contributed by atoms with Gasteiger partial charge in [0.25, 0.3) is 5.19 Å². The van der Waals surface area contributed by atoms with Gasteiger partial charge in [-0.1, -0.05) is 53.1 Å². The second-order valence-electron chi connectivity index (χ2n) is 4.68. The number of nitrogens with one attached hydrogen (secondary N) is 1. The van der Waals surface area contributed by atoms with E-state index >= 15 is 0 Å². The van der Waals surface area contributed by atoms with Crippen LogP contribution in [0.25, 0.3) is 0 Å². The van der Waals surface area contributed by atoms with Gasteiger partial charge in [0.2, 0.25) is 0 Å². The smallest absolute Gasteiger partial charge is 0.299 e. The first-order chi connectivity index (χ1) is 9.60. The van der Waals surface area contributed by atoms with Gasteiger partial charge in [-0.3, -0.25) is 0 Å². The molecule has 0 aliphatic heterocycles. The minimum atomic E-state index is 0.386. The summed E-state index contributed by atoms with van der Waals surface area (Å²) in [6.45, 7) is 8.00. The second kappa shape index (κ2) is 7.15. The number of rotatable bonds is 6. The van der Waals surface area contributed by atoms with Gasteiger partial charge in [0, 0.05) is 11.0 Å². The van der Waals surface area contributed by atoms with Gasteiger partial charge in [0.1, 0.15) is 10.8 Å². The highest BCUT2D eigenvalue weighted by Gasteiger charge is 2.12. The maximum absolute atomic E-state index is 5.88. The Bertz CT molecular complexity index is 571. The average Bonchev–Trinajstić information content (AvgIpc) is 2.86. The van der Waals surface area contributed by atoms with E-state index in [9.17, 15) is 0 Å². The van der Waals surface area contributed by atoms with Crippen LogP contribution in [0.2, 0.25) is 0 Å². The topological polar surface area (TPSA) is 47.0 Å². The Kier molecular flexibility index (Phi) is 5.51. The molecule has 0 aliphatic carbocycles. The SMILES string of the molecule is CCNCc1nnc(Oc2ccc(Br)cc2C(C)C)s1. The van der Waals surface area contributed by atoms with Gasteiger partial charge in [-0.25, -0.2) is 0 Å². The standard InChI is InChI=1S/C14H18BrN3OS/c1-4-16-8-13-17-18-14(20-13)19-12-6-5-10(15)7-11(12)9(2)3/h5-7,9,16H,4,8H2,1-3H3. The maximum Gasteiger partial charge on any atom is 0.299 e. The molecule has 6 heteroatoms. The molecule has 1 aromatic heterocycles. The van der Waals surface area contributed by atoms with Gasteiger partial charge >= 0.3 is 0 Å². The molecule has 0 saturated carbocycles. The van der Waals surface area contributed by atoms with Crippen LogP contribution >= 0.6 is 27.3 Å². The Morgan fingerprint density at radius 2 is 2.15 bits per heavy atom. The van der Waals surface area contributed by atoms with Crippen molar-refractivity contribution in [2.45, 2.75) is 33.2 Å². The molecule has 0 fully saturated rings. The number of nitrogens with zero attached hydrogens (tertiary/aromatic N) is 2. The third-order valence-electron chi connectivity index (χ3n) is 2.77. The van der Waals surface area contributed by atoms with Crippen molar-refractivity contribution >= 4 is 27.3 Å². The number of hydrogen-bond donors (Lipinski definition) is 1. The van der Waals surface area contributed by atoms with Crippen molar-refractivity contribution in [3.63, 3.8) is 0 Å². The number of aromatic nitrogens is 2. The van der Waals surface area contributed by atoms with E-state index in [0.29, 0.717) is 11.1 Å². The van der Waals surface area contributed by atoms with Crippen LogP contribution in [-0.2, 0) is 6.54 Å². The summed E-state index contributed by atoms with van der Waals surface area (Å²) in [5, 5.41) is 12.9. The maximum atomic E-state index is 5.88. The van der Waals surface area contributed by atoms with Crippen molar-refractivity contribution in [3.8, 4) is 10.9 Å². The normalized spacial score (nSPS) is 11.1. The largest absolute Gasteiger partial charge is 0.429 e. The van der Waals surface area contributed by atoms with Crippen LogP contribution in [0.1, 0.15) is 37.3 Å². The van der Waals surface area contributed by atoms with Gasteiger partial charge < -0.3 is 10.1 Å². The summed E-state index contributed by atoms with van der Waals surface area (Å²) >= 11 is 4.97. The molecule has 108 valence electrons. The summed E-state index contributed by atoms with van der Waals surface area (Å²) in [6, 6.07) is 6.02. The first kappa shape index (κ1) is 15.4. The molecule has 0 unspecified atom stereocenters. The van der Waals surface area contributed by atoms with E-state index in [4.69, 9.17) is 4.74 Å². The lowest BCUT2D eigenvalue weighted by molar-refractivity contribution is 0.464. The Balaban J connectivity index is 2.15. The first-order valence-electron chi connectivity index (χ1n) is 6.60. The Hall–Kier alpha value is -0.980. The van der Waals surface area contributed by atoms with Crippen LogP contribution in [0, 0.1) is 0 Å². The Morgan fingerprint density at radius 1 is 1.35 bits per heavy atom. The molecule has 0 spiro atoms. The van der Waals surface area contributed by atoms with Crippen LogP contribution < -0.4 is 10.1 Å². The summed E-state index contributed by atoms with van der Waals surface area (Å²) in [7, 11) is 0. The summed E-state index contributed by atoms with van der Waals surface area (Å²) in [5.74, 6) is 1.23. The molecule has 1 heterocycles. The monoisotopic (exact) mass is 355 g/mol. The summed E-state index contributed by atoms with van der Waals surface area (Å²) in [5.41, 5.74) is 1.16. The van der Waals surface area contributed by atoms with E-state index in [1.165, 1.54) is 11.3 Å². The van der Waals surface area contributed by atoms with Crippen LogP contribution in [0.5, 0.6) is 10.9 Å². The minimum Gasteiger partial charge on any atom is -0.429 e.